The average molecular weight is 508 g/mol. The van der Waals surface area contributed by atoms with Crippen LogP contribution in [0.1, 0.15) is 62.9 Å². The Kier molecular flexibility index (Phi) is 10.9. The van der Waals surface area contributed by atoms with Gasteiger partial charge < -0.3 is 18.8 Å². The van der Waals surface area contributed by atoms with E-state index in [0.717, 1.165) is 12.8 Å². The third kappa shape index (κ3) is 9.87. The predicted molar refractivity (Wildman–Crippen MR) is 133 cm³/mol. The molecular weight excluding hydrogens is 474 g/mol. The molecule has 0 atom stereocenters. The summed E-state index contributed by atoms with van der Waals surface area (Å²) >= 11 is 0. The van der Waals surface area contributed by atoms with Crippen molar-refractivity contribution in [2.45, 2.75) is 53.1 Å². The number of ether oxygens (including phenoxy) is 2. The van der Waals surface area contributed by atoms with E-state index >= 15 is 0 Å². The van der Waals surface area contributed by atoms with Crippen LogP contribution in [0.25, 0.3) is 5.70 Å². The van der Waals surface area contributed by atoms with E-state index in [0.29, 0.717) is 30.0 Å². The second-order valence-electron chi connectivity index (χ2n) is 7.99. The van der Waals surface area contributed by atoms with Gasteiger partial charge in [-0.25, -0.2) is 4.79 Å². The summed E-state index contributed by atoms with van der Waals surface area (Å²) in [5, 5.41) is 9.42. The minimum Gasteiger partial charge on any atom is -0.491 e. The van der Waals surface area contributed by atoms with Crippen LogP contribution in [0.15, 0.2) is 48.7 Å². The van der Waals surface area contributed by atoms with Crippen molar-refractivity contribution < 1.29 is 36.8 Å². The predicted octanol–water partition coefficient (Wildman–Crippen LogP) is 4.99. The van der Waals surface area contributed by atoms with Gasteiger partial charge in [-0.2, -0.15) is 8.42 Å². The van der Waals surface area contributed by atoms with Crippen LogP contribution in [-0.4, -0.2) is 38.0 Å². The Balaban J connectivity index is 2.34. The first-order chi connectivity index (χ1) is 16.6. The van der Waals surface area contributed by atoms with Gasteiger partial charge in [-0.05, 0) is 51.0 Å². The second-order valence-corrected chi connectivity index (χ2v) is 9.68. The first-order valence-corrected chi connectivity index (χ1v) is 13.0. The van der Waals surface area contributed by atoms with Crippen molar-refractivity contribution in [3.8, 4) is 17.2 Å². The number of carboxylic acids is 1. The first kappa shape index (κ1) is 28.0. The third-order valence-corrected chi connectivity index (χ3v) is 5.65. The molecule has 192 valence electrons. The third-order valence-electron chi connectivity index (χ3n) is 4.42. The molecule has 0 aromatic heterocycles. The fraction of sp³-hybridized carbons (Fsp3) is 0.400. The van der Waals surface area contributed by atoms with E-state index in [1.165, 1.54) is 18.4 Å². The summed E-state index contributed by atoms with van der Waals surface area (Å²) in [6.07, 6.45) is 3.19. The van der Waals surface area contributed by atoms with Crippen molar-refractivity contribution in [2.24, 2.45) is 0 Å². The molecule has 0 aliphatic rings. The number of benzene rings is 2. The summed E-state index contributed by atoms with van der Waals surface area (Å²) in [5.74, 6) is -0.440. The van der Waals surface area contributed by atoms with Crippen molar-refractivity contribution in [3.63, 3.8) is 0 Å². The summed E-state index contributed by atoms with van der Waals surface area (Å²) in [6.45, 7) is 7.93. The lowest BCUT2D eigenvalue weighted by molar-refractivity contribution is 0.0695. The Morgan fingerprint density at radius 2 is 1.74 bits per heavy atom. The molecular formula is C25H33NO8S. The molecule has 0 aliphatic carbocycles. The van der Waals surface area contributed by atoms with E-state index in [-0.39, 0.29) is 28.9 Å². The molecule has 0 saturated carbocycles. The molecule has 9 nitrogen and oxygen atoms in total. The Hall–Kier alpha value is -3.24. The molecule has 2 aromatic rings. The van der Waals surface area contributed by atoms with Crippen LogP contribution in [0.4, 0.5) is 0 Å². The summed E-state index contributed by atoms with van der Waals surface area (Å²) < 4.78 is 41.0. The quantitative estimate of drug-likeness (QED) is 0.149. The topological polar surface area (TPSA) is 120 Å². The molecule has 2 N–H and O–H groups in total. The Morgan fingerprint density at radius 3 is 2.40 bits per heavy atom. The van der Waals surface area contributed by atoms with Gasteiger partial charge in [0.15, 0.2) is 0 Å². The minimum absolute atomic E-state index is 0.0102. The van der Waals surface area contributed by atoms with E-state index < -0.39 is 16.1 Å². The highest BCUT2D eigenvalue weighted by Crippen LogP contribution is 2.26. The zero-order valence-corrected chi connectivity index (χ0v) is 21.3. The standard InChI is InChI=1S/C25H33NO8S/c1-5-7-12-35(29,30)34-21-10-8-9-19(13-21)24(26-32-11-6-2)17-31-22-14-20(25(27)28)15-23(16-22)33-18(3)4/h8-10,13-18,26H,5-7,11-12H2,1-4H3,(H,27,28). The summed E-state index contributed by atoms with van der Waals surface area (Å²) in [5.41, 5.74) is 3.73. The smallest absolute Gasteiger partial charge is 0.335 e. The van der Waals surface area contributed by atoms with Crippen LogP contribution in [0.2, 0.25) is 0 Å². The highest BCUT2D eigenvalue weighted by molar-refractivity contribution is 7.87. The molecule has 0 radical (unpaired) electrons. The number of carbonyl (C=O) groups is 1. The van der Waals surface area contributed by atoms with Crippen molar-refractivity contribution in [1.29, 1.82) is 0 Å². The maximum atomic E-state index is 12.2. The second kappa shape index (κ2) is 13.6. The molecule has 2 rings (SSSR count). The van der Waals surface area contributed by atoms with Crippen LogP contribution >= 0.6 is 0 Å². The van der Waals surface area contributed by atoms with Gasteiger partial charge in [0, 0.05) is 11.6 Å². The number of hydrogen-bond acceptors (Lipinski definition) is 8. The van der Waals surface area contributed by atoms with Crippen molar-refractivity contribution in [3.05, 3.63) is 59.9 Å². The van der Waals surface area contributed by atoms with Gasteiger partial charge in [-0.1, -0.05) is 32.4 Å². The zero-order valence-electron chi connectivity index (χ0n) is 20.4. The lowest BCUT2D eigenvalue weighted by Crippen LogP contribution is -2.16. The fourth-order valence-electron chi connectivity index (χ4n) is 2.84. The lowest BCUT2D eigenvalue weighted by Gasteiger charge is -2.14. The maximum Gasteiger partial charge on any atom is 0.335 e. The van der Waals surface area contributed by atoms with E-state index in [2.05, 4.69) is 5.48 Å². The van der Waals surface area contributed by atoms with Crippen LogP contribution < -0.4 is 19.1 Å². The van der Waals surface area contributed by atoms with Crippen molar-refractivity contribution in [2.75, 3.05) is 12.4 Å². The maximum absolute atomic E-state index is 12.2. The van der Waals surface area contributed by atoms with E-state index in [9.17, 15) is 18.3 Å². The molecule has 0 aliphatic heterocycles. The molecule has 0 bridgehead atoms. The minimum atomic E-state index is -3.72. The van der Waals surface area contributed by atoms with Crippen LogP contribution in [-0.2, 0) is 15.0 Å². The molecule has 0 saturated heterocycles. The number of hydroxylamine groups is 1. The van der Waals surface area contributed by atoms with Gasteiger partial charge in [-0.3, -0.25) is 10.3 Å². The van der Waals surface area contributed by atoms with Gasteiger partial charge in [0.05, 0.1) is 24.0 Å². The van der Waals surface area contributed by atoms with E-state index in [1.54, 1.807) is 30.3 Å². The average Bonchev–Trinajstić information content (AvgIpc) is 2.79. The molecule has 0 fully saturated rings. The van der Waals surface area contributed by atoms with Crippen LogP contribution in [0, 0.1) is 0 Å². The lowest BCUT2D eigenvalue weighted by atomic mass is 10.1. The molecule has 0 amide bonds. The Labute approximate surface area is 206 Å². The first-order valence-electron chi connectivity index (χ1n) is 11.5. The number of hydrogen-bond donors (Lipinski definition) is 2. The largest absolute Gasteiger partial charge is 0.491 e. The number of rotatable bonds is 15. The number of nitrogens with one attached hydrogen (secondary N) is 1. The molecule has 35 heavy (non-hydrogen) atoms. The van der Waals surface area contributed by atoms with Crippen LogP contribution in [0.5, 0.6) is 17.2 Å². The highest BCUT2D eigenvalue weighted by Gasteiger charge is 2.14. The zero-order chi connectivity index (χ0) is 25.8. The summed E-state index contributed by atoms with van der Waals surface area (Å²) in [4.78, 5) is 17.0. The summed E-state index contributed by atoms with van der Waals surface area (Å²) in [6, 6.07) is 10.8. The van der Waals surface area contributed by atoms with Crippen LogP contribution in [0.3, 0.4) is 0 Å². The number of carboxylic acid groups (broad SMARTS) is 1. The Bertz CT molecular complexity index is 1110. The number of aromatic carboxylic acids is 1. The molecule has 0 heterocycles. The molecule has 10 heteroatoms. The van der Waals surface area contributed by atoms with Gasteiger partial charge in [-0.15, -0.1) is 0 Å². The van der Waals surface area contributed by atoms with Crippen molar-refractivity contribution in [1.82, 2.24) is 5.48 Å². The van der Waals surface area contributed by atoms with E-state index in [4.69, 9.17) is 18.5 Å². The van der Waals surface area contributed by atoms with Gasteiger partial charge in [0.25, 0.3) is 0 Å². The highest BCUT2D eigenvalue weighted by atomic mass is 32.2. The SMILES string of the molecule is CCCCS(=O)(=O)Oc1cccc(C(=COc2cc(OC(C)C)cc(C(=O)O)c2)NOCCC)c1. The normalized spacial score (nSPS) is 11.9. The van der Waals surface area contributed by atoms with Crippen molar-refractivity contribution >= 4 is 21.8 Å². The van der Waals surface area contributed by atoms with Gasteiger partial charge in [0.1, 0.15) is 29.2 Å². The van der Waals surface area contributed by atoms with E-state index in [1.807, 2.05) is 27.7 Å². The van der Waals surface area contributed by atoms with Gasteiger partial charge >= 0.3 is 16.1 Å². The Morgan fingerprint density at radius 1 is 1.03 bits per heavy atom. The molecule has 2 aromatic carbocycles. The summed E-state index contributed by atoms with van der Waals surface area (Å²) in [7, 11) is -3.72. The fourth-order valence-corrected chi connectivity index (χ4v) is 3.96. The monoisotopic (exact) mass is 507 g/mol. The van der Waals surface area contributed by atoms with Gasteiger partial charge in [0.2, 0.25) is 0 Å². The molecule has 0 spiro atoms. The molecule has 0 unspecified atom stereocenters. The number of unbranched alkanes of at least 4 members (excludes halogenated alkanes) is 1.